The monoisotopic (exact) mass is 518 g/mol. The van der Waals surface area contributed by atoms with E-state index in [-0.39, 0.29) is 12.8 Å². The van der Waals surface area contributed by atoms with Crippen molar-refractivity contribution in [3.63, 3.8) is 0 Å². The zero-order valence-corrected chi connectivity index (χ0v) is 22.3. The van der Waals surface area contributed by atoms with Crippen molar-refractivity contribution < 1.29 is 24.2 Å². The van der Waals surface area contributed by atoms with Gasteiger partial charge in [-0.1, -0.05) is 36.4 Å². The number of ether oxygens (including phenoxy) is 1. The van der Waals surface area contributed by atoms with E-state index in [0.717, 1.165) is 32.9 Å². The van der Waals surface area contributed by atoms with E-state index in [4.69, 9.17) is 4.74 Å². The fraction of sp³-hybridized carbons (Fsp3) is 0.345. The molecule has 2 aromatic carbocycles. The van der Waals surface area contributed by atoms with Gasteiger partial charge in [-0.3, -0.25) is 4.79 Å². The summed E-state index contributed by atoms with van der Waals surface area (Å²) in [6, 6.07) is 13.2. The summed E-state index contributed by atoms with van der Waals surface area (Å²) in [5.74, 6) is -1.76. The number of fused-ring (bicyclic) bond motifs is 2. The van der Waals surface area contributed by atoms with Crippen molar-refractivity contribution >= 4 is 39.8 Å². The molecule has 2 aromatic heterocycles. The fourth-order valence-corrected chi connectivity index (χ4v) is 4.75. The third-order valence-corrected chi connectivity index (χ3v) is 6.43. The maximum Gasteiger partial charge on any atom is 0.408 e. The van der Waals surface area contributed by atoms with Crippen molar-refractivity contribution in [1.29, 1.82) is 0 Å². The van der Waals surface area contributed by atoms with Crippen LogP contribution in [-0.4, -0.2) is 49.9 Å². The predicted molar refractivity (Wildman–Crippen MR) is 146 cm³/mol. The average molecular weight is 519 g/mol. The first kappa shape index (κ1) is 26.8. The number of alkyl carbamates (subject to hydrolysis) is 1. The Morgan fingerprint density at radius 1 is 0.816 bits per heavy atom. The molecule has 0 aliphatic rings. The number of hydrogen-bond acceptors (Lipinski definition) is 4. The van der Waals surface area contributed by atoms with Crippen LogP contribution >= 0.6 is 0 Å². The van der Waals surface area contributed by atoms with Gasteiger partial charge in [0, 0.05) is 61.1 Å². The van der Waals surface area contributed by atoms with Gasteiger partial charge in [-0.25, -0.2) is 9.59 Å². The number of benzene rings is 2. The highest BCUT2D eigenvalue weighted by Crippen LogP contribution is 2.23. The molecule has 0 saturated carbocycles. The fourth-order valence-electron chi connectivity index (χ4n) is 4.75. The summed E-state index contributed by atoms with van der Waals surface area (Å²) in [5, 5.41) is 17.2. The molecule has 0 unspecified atom stereocenters. The molecule has 0 bridgehead atoms. The van der Waals surface area contributed by atoms with Gasteiger partial charge in [-0.05, 0) is 44.0 Å². The van der Waals surface area contributed by atoms with Crippen molar-refractivity contribution in [2.24, 2.45) is 14.1 Å². The van der Waals surface area contributed by atoms with E-state index in [9.17, 15) is 19.5 Å². The summed E-state index contributed by atoms with van der Waals surface area (Å²) in [4.78, 5) is 38.4. The second-order valence-electron chi connectivity index (χ2n) is 10.6. The predicted octanol–water partition coefficient (Wildman–Crippen LogP) is 3.92. The molecule has 0 aliphatic heterocycles. The van der Waals surface area contributed by atoms with E-state index in [1.165, 1.54) is 0 Å². The van der Waals surface area contributed by atoms with Gasteiger partial charge >= 0.3 is 12.1 Å². The second-order valence-corrected chi connectivity index (χ2v) is 10.6. The van der Waals surface area contributed by atoms with Crippen LogP contribution in [-0.2, 0) is 41.3 Å². The molecule has 200 valence electrons. The van der Waals surface area contributed by atoms with Crippen molar-refractivity contribution in [1.82, 2.24) is 19.8 Å². The molecular weight excluding hydrogens is 484 g/mol. The van der Waals surface area contributed by atoms with Crippen molar-refractivity contribution in [2.75, 3.05) is 0 Å². The number of amides is 2. The van der Waals surface area contributed by atoms with Gasteiger partial charge in [0.1, 0.15) is 17.7 Å². The molecule has 9 nitrogen and oxygen atoms in total. The molecule has 4 aromatic rings. The Balaban J connectivity index is 1.60. The van der Waals surface area contributed by atoms with Crippen LogP contribution in [0.25, 0.3) is 21.8 Å². The SMILES string of the molecule is Cn1cc(C[C@@H](NC(=O)[C@@H](Cc2cn(C)c3ccccc23)NC(=O)OC(C)(C)C)C(=O)O)c2ccccc21. The van der Waals surface area contributed by atoms with Crippen LogP contribution in [0.2, 0.25) is 0 Å². The lowest BCUT2D eigenvalue weighted by Crippen LogP contribution is -2.53. The molecular formula is C29H34N4O5. The van der Waals surface area contributed by atoms with E-state index in [0.29, 0.717) is 0 Å². The number of para-hydroxylation sites is 2. The highest BCUT2D eigenvalue weighted by Gasteiger charge is 2.30. The lowest BCUT2D eigenvalue weighted by molar-refractivity contribution is -0.142. The van der Waals surface area contributed by atoms with E-state index in [2.05, 4.69) is 10.6 Å². The second kappa shape index (κ2) is 10.6. The van der Waals surface area contributed by atoms with Crippen LogP contribution in [0, 0.1) is 0 Å². The maximum absolute atomic E-state index is 13.5. The van der Waals surface area contributed by atoms with Gasteiger partial charge in [-0.15, -0.1) is 0 Å². The molecule has 4 rings (SSSR count). The van der Waals surface area contributed by atoms with Crippen LogP contribution in [0.1, 0.15) is 31.9 Å². The van der Waals surface area contributed by atoms with Crippen molar-refractivity contribution in [3.05, 3.63) is 72.1 Å². The van der Waals surface area contributed by atoms with Gasteiger partial charge in [0.05, 0.1) is 0 Å². The number of aryl methyl sites for hydroxylation is 2. The number of hydrogen-bond donors (Lipinski definition) is 3. The first-order chi connectivity index (χ1) is 17.9. The minimum Gasteiger partial charge on any atom is -0.480 e. The number of aliphatic carboxylic acids is 1. The van der Waals surface area contributed by atoms with Gasteiger partial charge in [0.2, 0.25) is 5.91 Å². The van der Waals surface area contributed by atoms with Crippen LogP contribution in [0.5, 0.6) is 0 Å². The zero-order valence-electron chi connectivity index (χ0n) is 22.3. The number of carbonyl (C=O) groups excluding carboxylic acids is 2. The minimum absolute atomic E-state index is 0.0931. The molecule has 9 heteroatoms. The number of carbonyl (C=O) groups is 3. The number of nitrogens with one attached hydrogen (secondary N) is 2. The maximum atomic E-state index is 13.5. The minimum atomic E-state index is -1.19. The quantitative estimate of drug-likeness (QED) is 0.327. The third kappa shape index (κ3) is 5.99. The standard InChI is InChI=1S/C29H34N4O5/c1-29(2,3)38-28(37)31-22(14-18-16-32(4)24-12-8-6-10-20(18)24)26(34)30-23(27(35)36)15-19-17-33(5)25-13-9-7-11-21(19)25/h6-13,16-17,22-23H,14-15H2,1-5H3,(H,30,34)(H,31,37)(H,35,36)/t22-,23-/m1/s1. The average Bonchev–Trinajstić information content (AvgIpc) is 3.33. The summed E-state index contributed by atoms with van der Waals surface area (Å²) in [6.45, 7) is 5.20. The molecule has 0 spiro atoms. The summed E-state index contributed by atoms with van der Waals surface area (Å²) in [7, 11) is 3.80. The normalized spacial score (nSPS) is 13.3. The highest BCUT2D eigenvalue weighted by atomic mass is 16.6. The summed E-state index contributed by atoms with van der Waals surface area (Å²) < 4.78 is 9.27. The van der Waals surface area contributed by atoms with Crippen LogP contribution in [0.3, 0.4) is 0 Å². The Morgan fingerprint density at radius 3 is 1.76 bits per heavy atom. The number of nitrogens with zero attached hydrogens (tertiary/aromatic N) is 2. The van der Waals surface area contributed by atoms with Crippen LogP contribution < -0.4 is 10.6 Å². The number of carboxylic acids is 1. The molecule has 2 heterocycles. The van der Waals surface area contributed by atoms with Crippen molar-refractivity contribution in [2.45, 2.75) is 51.3 Å². The van der Waals surface area contributed by atoms with Gasteiger partial charge in [0.25, 0.3) is 0 Å². The molecule has 0 saturated heterocycles. The van der Waals surface area contributed by atoms with Gasteiger partial charge in [-0.2, -0.15) is 0 Å². The molecule has 2 atom stereocenters. The summed E-state index contributed by atoms with van der Waals surface area (Å²) in [5.41, 5.74) is 2.85. The Labute approximate surface area is 221 Å². The summed E-state index contributed by atoms with van der Waals surface area (Å²) >= 11 is 0. The molecule has 0 aliphatic carbocycles. The van der Waals surface area contributed by atoms with E-state index < -0.39 is 35.7 Å². The van der Waals surface area contributed by atoms with Gasteiger partial charge in [0.15, 0.2) is 0 Å². The molecule has 2 amide bonds. The topological polar surface area (TPSA) is 115 Å². The Hall–Kier alpha value is -4.27. The van der Waals surface area contributed by atoms with E-state index in [1.807, 2.05) is 84.2 Å². The van der Waals surface area contributed by atoms with Crippen LogP contribution in [0.15, 0.2) is 60.9 Å². The lowest BCUT2D eigenvalue weighted by Gasteiger charge is -2.24. The highest BCUT2D eigenvalue weighted by molar-refractivity contribution is 5.92. The Bertz CT molecular complexity index is 1490. The Morgan fingerprint density at radius 2 is 1.29 bits per heavy atom. The lowest BCUT2D eigenvalue weighted by atomic mass is 10.0. The molecule has 38 heavy (non-hydrogen) atoms. The van der Waals surface area contributed by atoms with E-state index >= 15 is 0 Å². The van der Waals surface area contributed by atoms with Gasteiger partial charge < -0.3 is 29.6 Å². The number of aromatic nitrogens is 2. The van der Waals surface area contributed by atoms with Crippen molar-refractivity contribution in [3.8, 4) is 0 Å². The largest absolute Gasteiger partial charge is 0.480 e. The number of rotatable bonds is 8. The summed E-state index contributed by atoms with van der Waals surface area (Å²) in [6.07, 6.45) is 3.29. The smallest absolute Gasteiger partial charge is 0.408 e. The number of carboxylic acid groups (broad SMARTS) is 1. The van der Waals surface area contributed by atoms with E-state index in [1.54, 1.807) is 20.8 Å². The first-order valence-corrected chi connectivity index (χ1v) is 12.5. The third-order valence-electron chi connectivity index (χ3n) is 6.43. The Kier molecular flexibility index (Phi) is 7.48. The molecule has 3 N–H and O–H groups in total. The van der Waals surface area contributed by atoms with Crippen LogP contribution in [0.4, 0.5) is 4.79 Å². The molecule has 0 fully saturated rings. The zero-order chi connectivity index (χ0) is 27.6. The molecule has 0 radical (unpaired) electrons. The first-order valence-electron chi connectivity index (χ1n) is 12.5.